The Labute approximate surface area is 208 Å². The van der Waals surface area contributed by atoms with Gasteiger partial charge in [-0.2, -0.15) is 0 Å². The van der Waals surface area contributed by atoms with Crippen LogP contribution < -0.4 is 10.6 Å². The van der Waals surface area contributed by atoms with Crippen molar-refractivity contribution in [1.29, 1.82) is 0 Å². The van der Waals surface area contributed by atoms with Crippen LogP contribution in [0, 0.1) is 5.82 Å². The van der Waals surface area contributed by atoms with Gasteiger partial charge >= 0.3 is 0 Å². The number of likely N-dealkylation sites (tertiary alicyclic amines) is 1. The summed E-state index contributed by atoms with van der Waals surface area (Å²) < 4.78 is 18.9. The van der Waals surface area contributed by atoms with Crippen LogP contribution in [0.3, 0.4) is 0 Å². The molecule has 1 aliphatic rings. The molecule has 3 rings (SSSR count). The molecule has 1 fully saturated rings. The molecule has 2 aromatic carbocycles. The molecule has 0 radical (unpaired) electrons. The van der Waals surface area contributed by atoms with Crippen LogP contribution >= 0.6 is 24.0 Å². The van der Waals surface area contributed by atoms with Crippen LogP contribution in [0.25, 0.3) is 0 Å². The van der Waals surface area contributed by atoms with Gasteiger partial charge in [0.25, 0.3) is 0 Å². The summed E-state index contributed by atoms with van der Waals surface area (Å²) in [6.07, 6.45) is 2.15. The lowest BCUT2D eigenvalue weighted by Crippen LogP contribution is -2.51. The summed E-state index contributed by atoms with van der Waals surface area (Å²) in [5, 5.41) is 6.95. The van der Waals surface area contributed by atoms with Crippen molar-refractivity contribution in [3.8, 4) is 0 Å². The zero-order valence-electron chi connectivity index (χ0n) is 19.3. The number of methoxy groups -OCH3 is 1. The van der Waals surface area contributed by atoms with Gasteiger partial charge in [0.1, 0.15) is 5.82 Å². The Hall–Kier alpha value is -1.71. The minimum atomic E-state index is -0.240. The molecule has 0 aliphatic carbocycles. The molecule has 0 bridgehead atoms. The van der Waals surface area contributed by atoms with Gasteiger partial charge < -0.3 is 15.4 Å². The van der Waals surface area contributed by atoms with E-state index in [0.29, 0.717) is 24.2 Å². The summed E-state index contributed by atoms with van der Waals surface area (Å²) in [6.45, 7) is 7.98. The van der Waals surface area contributed by atoms with Crippen LogP contribution in [0.15, 0.2) is 53.5 Å². The van der Waals surface area contributed by atoms with Crippen molar-refractivity contribution in [2.24, 2.45) is 4.99 Å². The molecule has 2 N–H and O–H groups in total. The van der Waals surface area contributed by atoms with E-state index in [1.54, 1.807) is 13.2 Å². The highest BCUT2D eigenvalue weighted by Gasteiger charge is 2.26. The Balaban J connectivity index is 0.00000363. The molecular weight excluding hydrogens is 518 g/mol. The molecular formula is C25H36FIN4O. The van der Waals surface area contributed by atoms with Crippen molar-refractivity contribution < 1.29 is 9.13 Å². The molecule has 5 nitrogen and oxygen atoms in total. The number of hydrogen-bond donors (Lipinski definition) is 2. The van der Waals surface area contributed by atoms with Crippen LogP contribution in [-0.4, -0.2) is 43.1 Å². The third-order valence-corrected chi connectivity index (χ3v) is 5.76. The highest BCUT2D eigenvalue weighted by molar-refractivity contribution is 14.0. The number of rotatable bonds is 8. The monoisotopic (exact) mass is 554 g/mol. The predicted octanol–water partition coefficient (Wildman–Crippen LogP) is 4.70. The number of benzene rings is 2. The van der Waals surface area contributed by atoms with E-state index in [0.717, 1.165) is 44.0 Å². The molecule has 1 saturated heterocycles. The molecule has 2 unspecified atom stereocenters. The second-order valence-corrected chi connectivity index (χ2v) is 8.22. The number of nitrogens with one attached hydrogen (secondary N) is 2. The highest BCUT2D eigenvalue weighted by Crippen LogP contribution is 2.20. The van der Waals surface area contributed by atoms with Gasteiger partial charge in [0.15, 0.2) is 5.96 Å². The van der Waals surface area contributed by atoms with E-state index in [1.807, 2.05) is 6.07 Å². The Bertz CT molecular complexity index is 849. The third-order valence-electron chi connectivity index (χ3n) is 5.76. The second-order valence-electron chi connectivity index (χ2n) is 8.22. The standard InChI is InChI=1S/C25H35FN4O.HI/c1-4-27-25(28-16-21-10-11-24(26)22(15-21)18-31-3)29-23-12-13-30(19(2)14-23)17-20-8-6-5-7-9-20;/h5-11,15,19,23H,4,12-14,16-18H2,1-3H3,(H2,27,28,29);1H. The molecule has 7 heteroatoms. The van der Waals surface area contributed by atoms with E-state index >= 15 is 0 Å². The average molecular weight is 554 g/mol. The number of nitrogens with zero attached hydrogens (tertiary/aromatic N) is 2. The second kappa shape index (κ2) is 13.7. The largest absolute Gasteiger partial charge is 0.380 e. The van der Waals surface area contributed by atoms with Crippen LogP contribution in [0.5, 0.6) is 0 Å². The fourth-order valence-electron chi connectivity index (χ4n) is 4.08. The van der Waals surface area contributed by atoms with Gasteiger partial charge in [-0.3, -0.25) is 4.90 Å². The quantitative estimate of drug-likeness (QED) is 0.282. The van der Waals surface area contributed by atoms with Crippen LogP contribution in [0.1, 0.15) is 43.4 Å². The summed E-state index contributed by atoms with van der Waals surface area (Å²) in [5.74, 6) is 0.574. The molecule has 32 heavy (non-hydrogen) atoms. The highest BCUT2D eigenvalue weighted by atomic mass is 127. The molecule has 1 heterocycles. The van der Waals surface area contributed by atoms with Crippen molar-refractivity contribution in [3.05, 3.63) is 71.0 Å². The number of halogens is 2. The molecule has 0 aromatic heterocycles. The summed E-state index contributed by atoms with van der Waals surface area (Å²) in [6, 6.07) is 16.7. The topological polar surface area (TPSA) is 48.9 Å². The fourth-order valence-corrected chi connectivity index (χ4v) is 4.08. The summed E-state index contributed by atoms with van der Waals surface area (Å²) in [5.41, 5.74) is 2.90. The first kappa shape index (κ1) is 26.5. The molecule has 0 spiro atoms. The van der Waals surface area contributed by atoms with E-state index in [1.165, 1.54) is 11.6 Å². The molecule has 1 aliphatic heterocycles. The van der Waals surface area contributed by atoms with Crippen molar-refractivity contribution in [2.75, 3.05) is 20.2 Å². The summed E-state index contributed by atoms with van der Waals surface area (Å²) in [4.78, 5) is 7.29. The first-order chi connectivity index (χ1) is 15.1. The Morgan fingerprint density at radius 3 is 2.66 bits per heavy atom. The van der Waals surface area contributed by atoms with E-state index in [4.69, 9.17) is 9.73 Å². The van der Waals surface area contributed by atoms with E-state index < -0.39 is 0 Å². The maximum atomic E-state index is 13.8. The first-order valence-electron chi connectivity index (χ1n) is 11.2. The van der Waals surface area contributed by atoms with Gasteiger partial charge in [0.2, 0.25) is 0 Å². The zero-order chi connectivity index (χ0) is 22.1. The Morgan fingerprint density at radius 1 is 1.19 bits per heavy atom. The lowest BCUT2D eigenvalue weighted by atomic mass is 9.97. The summed E-state index contributed by atoms with van der Waals surface area (Å²) >= 11 is 0. The maximum Gasteiger partial charge on any atom is 0.191 e. The van der Waals surface area contributed by atoms with E-state index in [-0.39, 0.29) is 36.4 Å². The van der Waals surface area contributed by atoms with Gasteiger partial charge in [-0.05, 0) is 49.9 Å². The van der Waals surface area contributed by atoms with Crippen LogP contribution in [-0.2, 0) is 24.4 Å². The van der Waals surface area contributed by atoms with Gasteiger partial charge in [0, 0.05) is 44.4 Å². The number of hydrogen-bond acceptors (Lipinski definition) is 3. The normalized spacial score (nSPS) is 19.3. The predicted molar refractivity (Wildman–Crippen MR) is 140 cm³/mol. The van der Waals surface area contributed by atoms with Gasteiger partial charge in [-0.15, -0.1) is 24.0 Å². The van der Waals surface area contributed by atoms with Crippen molar-refractivity contribution in [1.82, 2.24) is 15.5 Å². The summed E-state index contributed by atoms with van der Waals surface area (Å²) in [7, 11) is 1.57. The third kappa shape index (κ3) is 8.01. The lowest BCUT2D eigenvalue weighted by molar-refractivity contribution is 0.134. The van der Waals surface area contributed by atoms with Gasteiger partial charge in [-0.1, -0.05) is 36.4 Å². The van der Waals surface area contributed by atoms with Crippen molar-refractivity contribution >= 4 is 29.9 Å². The maximum absolute atomic E-state index is 13.8. The first-order valence-corrected chi connectivity index (χ1v) is 11.2. The van der Waals surface area contributed by atoms with Crippen LogP contribution in [0.4, 0.5) is 4.39 Å². The molecule has 0 amide bonds. The fraction of sp³-hybridized carbons (Fsp3) is 0.480. The lowest BCUT2D eigenvalue weighted by Gasteiger charge is -2.38. The van der Waals surface area contributed by atoms with Crippen molar-refractivity contribution in [3.63, 3.8) is 0 Å². The minimum absolute atomic E-state index is 0. The SMILES string of the molecule is CCNC(=NCc1ccc(F)c(COC)c1)NC1CCN(Cc2ccccc2)C(C)C1.I. The van der Waals surface area contributed by atoms with Gasteiger partial charge in [-0.25, -0.2) is 9.38 Å². The Kier molecular flexibility index (Phi) is 11.4. The van der Waals surface area contributed by atoms with Crippen LogP contribution in [0.2, 0.25) is 0 Å². The van der Waals surface area contributed by atoms with Crippen molar-refractivity contribution in [2.45, 2.75) is 58.5 Å². The number of guanidine groups is 1. The Morgan fingerprint density at radius 2 is 1.97 bits per heavy atom. The number of aliphatic imine (C=N–C) groups is 1. The number of ether oxygens (including phenoxy) is 1. The molecule has 176 valence electrons. The smallest absolute Gasteiger partial charge is 0.191 e. The zero-order valence-corrected chi connectivity index (χ0v) is 21.6. The molecule has 2 atom stereocenters. The minimum Gasteiger partial charge on any atom is -0.380 e. The average Bonchev–Trinajstić information content (AvgIpc) is 2.77. The van der Waals surface area contributed by atoms with E-state index in [2.05, 4.69) is 59.7 Å². The molecule has 2 aromatic rings. The van der Waals surface area contributed by atoms with Gasteiger partial charge in [0.05, 0.1) is 13.2 Å². The molecule has 0 saturated carbocycles. The number of piperidine rings is 1. The van der Waals surface area contributed by atoms with E-state index in [9.17, 15) is 4.39 Å².